The van der Waals surface area contributed by atoms with Crippen molar-refractivity contribution in [3.63, 3.8) is 0 Å². The van der Waals surface area contributed by atoms with Crippen LogP contribution in [-0.2, 0) is 4.74 Å². The Bertz CT molecular complexity index is 841. The number of nitrogen functional groups attached to an aromatic ring is 1. The van der Waals surface area contributed by atoms with Crippen LogP contribution in [0.4, 0.5) is 5.82 Å². The summed E-state index contributed by atoms with van der Waals surface area (Å²) in [5, 5.41) is 30.3. The highest BCUT2D eigenvalue weighted by Crippen LogP contribution is 2.34. The van der Waals surface area contributed by atoms with Gasteiger partial charge in [-0.25, -0.2) is 9.97 Å². The third kappa shape index (κ3) is 3.92. The van der Waals surface area contributed by atoms with Crippen molar-refractivity contribution in [1.29, 1.82) is 0 Å². The normalized spacial score (nSPS) is 24.9. The highest BCUT2D eigenvalue weighted by Gasteiger charge is 2.44. The smallest absolute Gasteiger partial charge is 0.164 e. The first-order valence-corrected chi connectivity index (χ1v) is 9.30. The Hall–Kier alpha value is -2.18. The molecule has 2 aromatic heterocycles. The zero-order valence-corrected chi connectivity index (χ0v) is 15.4. The summed E-state index contributed by atoms with van der Waals surface area (Å²) >= 11 is 0. The Kier molecular flexibility index (Phi) is 6.29. The summed E-state index contributed by atoms with van der Waals surface area (Å²) in [6.45, 7) is 1.77. The fraction of sp³-hybridized carbons (Fsp3) is 0.579. The Balaban J connectivity index is 1.92. The van der Waals surface area contributed by atoms with Crippen LogP contribution < -0.4 is 5.73 Å². The number of nitrogens with zero attached hydrogens (tertiary/aromatic N) is 3. The number of anilines is 1. The second-order valence-corrected chi connectivity index (χ2v) is 6.75. The molecule has 0 radical (unpaired) electrons. The Morgan fingerprint density at radius 2 is 2.04 bits per heavy atom. The van der Waals surface area contributed by atoms with Gasteiger partial charge in [0.25, 0.3) is 0 Å². The minimum Gasteiger partial charge on any atom is -0.394 e. The van der Waals surface area contributed by atoms with E-state index in [1.165, 1.54) is 19.2 Å². The predicted molar refractivity (Wildman–Crippen MR) is 101 cm³/mol. The highest BCUT2D eigenvalue weighted by molar-refractivity contribution is 5.92. The molecule has 1 aliphatic heterocycles. The summed E-state index contributed by atoms with van der Waals surface area (Å²) in [5.41, 5.74) is 7.14. The number of aliphatic hydroxyl groups excluding tert-OH is 3. The molecule has 8 nitrogen and oxygen atoms in total. The fourth-order valence-electron chi connectivity index (χ4n) is 3.30. The summed E-state index contributed by atoms with van der Waals surface area (Å²) in [6, 6.07) is 0. The van der Waals surface area contributed by atoms with Gasteiger partial charge in [-0.2, -0.15) is 0 Å². The first-order valence-electron chi connectivity index (χ1n) is 9.30. The van der Waals surface area contributed by atoms with E-state index in [9.17, 15) is 15.3 Å². The summed E-state index contributed by atoms with van der Waals surface area (Å²) < 4.78 is 7.21. The van der Waals surface area contributed by atoms with Crippen molar-refractivity contribution in [2.24, 2.45) is 0 Å². The van der Waals surface area contributed by atoms with E-state index in [0.29, 0.717) is 22.4 Å². The molecule has 1 aliphatic rings. The largest absolute Gasteiger partial charge is 0.394 e. The Morgan fingerprint density at radius 3 is 2.74 bits per heavy atom. The number of hydrogen-bond acceptors (Lipinski definition) is 7. The van der Waals surface area contributed by atoms with Gasteiger partial charge < -0.3 is 30.4 Å². The number of hydrogen-bond donors (Lipinski definition) is 4. The molecule has 0 bridgehead atoms. The molecular weight excluding hydrogens is 348 g/mol. The van der Waals surface area contributed by atoms with E-state index in [2.05, 4.69) is 28.7 Å². The van der Waals surface area contributed by atoms with Gasteiger partial charge in [0.05, 0.1) is 17.6 Å². The van der Waals surface area contributed by atoms with E-state index in [4.69, 9.17) is 10.5 Å². The first-order chi connectivity index (χ1) is 13.1. The van der Waals surface area contributed by atoms with Crippen molar-refractivity contribution in [2.45, 2.75) is 63.6 Å². The van der Waals surface area contributed by atoms with Crippen LogP contribution in [0.2, 0.25) is 0 Å². The molecule has 3 rings (SSSR count). The van der Waals surface area contributed by atoms with Gasteiger partial charge in [0, 0.05) is 12.6 Å². The van der Waals surface area contributed by atoms with Crippen LogP contribution in [0.25, 0.3) is 11.0 Å². The van der Waals surface area contributed by atoms with Crippen LogP contribution in [0.5, 0.6) is 0 Å². The second-order valence-electron chi connectivity index (χ2n) is 6.75. The number of aliphatic hydroxyl groups is 3. The van der Waals surface area contributed by atoms with Crippen LogP contribution in [0.15, 0.2) is 12.5 Å². The van der Waals surface area contributed by atoms with Crippen molar-refractivity contribution in [1.82, 2.24) is 14.5 Å². The lowest BCUT2D eigenvalue weighted by atomic mass is 10.1. The number of unbranched alkanes of at least 4 members (excludes halogenated alkanes) is 4. The lowest BCUT2D eigenvalue weighted by Gasteiger charge is -2.17. The zero-order chi connectivity index (χ0) is 19.4. The Labute approximate surface area is 158 Å². The van der Waals surface area contributed by atoms with Gasteiger partial charge in [-0.05, 0) is 6.42 Å². The minimum atomic E-state index is -1.20. The van der Waals surface area contributed by atoms with Crippen LogP contribution in [-0.4, -0.2) is 54.8 Å². The van der Waals surface area contributed by atoms with Crippen LogP contribution in [0.3, 0.4) is 0 Å². The second kappa shape index (κ2) is 8.67. The zero-order valence-electron chi connectivity index (χ0n) is 15.4. The average Bonchev–Trinajstić information content (AvgIpc) is 3.17. The molecule has 1 saturated heterocycles. The molecule has 8 heteroatoms. The van der Waals surface area contributed by atoms with E-state index < -0.39 is 31.1 Å². The number of aromatic nitrogens is 3. The molecule has 5 N–H and O–H groups in total. The maximum Gasteiger partial charge on any atom is 0.164 e. The molecule has 3 heterocycles. The molecule has 146 valence electrons. The molecule has 0 aromatic carbocycles. The maximum absolute atomic E-state index is 10.3. The van der Waals surface area contributed by atoms with E-state index in [1.807, 2.05) is 0 Å². The SMILES string of the molecule is CCCCCCC#Cc1cn([C@@H]2O[C@H](CO)[C@@H](O)[C@H]2O)c2ncnc(N)c12. The van der Waals surface area contributed by atoms with Crippen LogP contribution in [0.1, 0.15) is 50.8 Å². The van der Waals surface area contributed by atoms with E-state index in [1.54, 1.807) is 10.8 Å². The molecular formula is C19H26N4O4. The molecule has 0 amide bonds. The quantitative estimate of drug-likeness (QED) is 0.438. The highest BCUT2D eigenvalue weighted by atomic mass is 16.6. The molecule has 0 saturated carbocycles. The van der Waals surface area contributed by atoms with Gasteiger partial charge in [0.1, 0.15) is 36.1 Å². The molecule has 0 unspecified atom stereocenters. The first kappa shape index (κ1) is 19.6. The maximum atomic E-state index is 10.3. The van der Waals surface area contributed by atoms with E-state index in [0.717, 1.165) is 19.3 Å². The topological polar surface area (TPSA) is 127 Å². The number of ether oxygens (including phenoxy) is 1. The molecule has 0 aliphatic carbocycles. The minimum absolute atomic E-state index is 0.292. The molecule has 2 aromatic rings. The lowest BCUT2D eigenvalue weighted by molar-refractivity contribution is -0.0508. The summed E-state index contributed by atoms with van der Waals surface area (Å²) in [6.07, 6.45) is 4.24. The number of rotatable bonds is 6. The van der Waals surface area contributed by atoms with Crippen molar-refractivity contribution >= 4 is 16.9 Å². The Morgan fingerprint density at radius 1 is 1.22 bits per heavy atom. The molecule has 1 fully saturated rings. The summed E-state index contributed by atoms with van der Waals surface area (Å²) in [5.74, 6) is 6.57. The van der Waals surface area contributed by atoms with E-state index >= 15 is 0 Å². The summed E-state index contributed by atoms with van der Waals surface area (Å²) in [4.78, 5) is 8.29. The lowest BCUT2D eigenvalue weighted by Crippen LogP contribution is -2.33. The molecule has 27 heavy (non-hydrogen) atoms. The van der Waals surface area contributed by atoms with Crippen LogP contribution in [0, 0.1) is 11.8 Å². The average molecular weight is 374 g/mol. The molecule has 4 atom stereocenters. The van der Waals surface area contributed by atoms with Crippen LogP contribution >= 0.6 is 0 Å². The van der Waals surface area contributed by atoms with Crippen molar-refractivity contribution in [3.05, 3.63) is 18.1 Å². The van der Waals surface area contributed by atoms with Gasteiger partial charge in [-0.3, -0.25) is 0 Å². The third-order valence-electron chi connectivity index (χ3n) is 4.81. The predicted octanol–water partition coefficient (Wildman–Crippen LogP) is 0.947. The number of nitrogens with two attached hydrogens (primary N) is 1. The monoisotopic (exact) mass is 374 g/mol. The standard InChI is InChI=1S/C19H26N4O4/c1-2-3-4-5-6-7-8-12-9-23(18-14(12)17(20)21-11-22-18)19-16(26)15(25)13(10-24)27-19/h9,11,13,15-16,19,24-26H,2-6,10H2,1H3,(H2,20,21,22)/t13-,15-,16-,19-/m1/s1. The van der Waals surface area contributed by atoms with Gasteiger partial charge in [-0.1, -0.05) is 38.0 Å². The van der Waals surface area contributed by atoms with Gasteiger partial charge in [0.2, 0.25) is 0 Å². The van der Waals surface area contributed by atoms with Gasteiger partial charge in [-0.15, -0.1) is 0 Å². The van der Waals surface area contributed by atoms with Crippen molar-refractivity contribution in [3.8, 4) is 11.8 Å². The van der Waals surface area contributed by atoms with Gasteiger partial charge >= 0.3 is 0 Å². The number of fused-ring (bicyclic) bond motifs is 1. The third-order valence-corrected chi connectivity index (χ3v) is 4.81. The van der Waals surface area contributed by atoms with Crippen molar-refractivity contribution in [2.75, 3.05) is 12.3 Å². The van der Waals surface area contributed by atoms with E-state index in [-0.39, 0.29) is 0 Å². The van der Waals surface area contributed by atoms with Gasteiger partial charge in [0.15, 0.2) is 6.23 Å². The fourth-order valence-corrected chi connectivity index (χ4v) is 3.30. The summed E-state index contributed by atoms with van der Waals surface area (Å²) in [7, 11) is 0. The molecule has 0 spiro atoms. The van der Waals surface area contributed by atoms with Crippen molar-refractivity contribution < 1.29 is 20.1 Å².